The van der Waals surface area contributed by atoms with Crippen molar-refractivity contribution in [3.8, 4) is 0 Å². The Bertz CT molecular complexity index is 495. The summed E-state index contributed by atoms with van der Waals surface area (Å²) in [4.78, 5) is 23.8. The normalized spacial score (nSPS) is 16.6. The number of nitrogens with one attached hydrogen (secondary N) is 1. The lowest BCUT2D eigenvalue weighted by Crippen LogP contribution is -2.38. The molecule has 0 spiro atoms. The summed E-state index contributed by atoms with van der Waals surface area (Å²) >= 11 is 0. The molecule has 4 nitrogen and oxygen atoms in total. The van der Waals surface area contributed by atoms with Crippen LogP contribution in [0.15, 0.2) is 30.3 Å². The van der Waals surface area contributed by atoms with E-state index < -0.39 is 0 Å². The first kappa shape index (κ1) is 17.5. The highest BCUT2D eigenvalue weighted by Gasteiger charge is 2.18. The molecule has 1 unspecified atom stereocenters. The van der Waals surface area contributed by atoms with Crippen molar-refractivity contribution in [1.82, 2.24) is 5.32 Å². The molecule has 0 bridgehead atoms. The molecule has 23 heavy (non-hydrogen) atoms. The van der Waals surface area contributed by atoms with Gasteiger partial charge in [0.1, 0.15) is 0 Å². The molecule has 0 radical (unpaired) electrons. The SMILES string of the molecule is CCC(CC(=O)OCC(=O)NC1CCCCC1)c1ccccc1. The fourth-order valence-corrected chi connectivity index (χ4v) is 3.15. The van der Waals surface area contributed by atoms with Crippen LogP contribution in [0.3, 0.4) is 0 Å². The molecule has 2 rings (SSSR count). The molecule has 126 valence electrons. The van der Waals surface area contributed by atoms with Gasteiger partial charge in [0.2, 0.25) is 0 Å². The minimum atomic E-state index is -0.306. The monoisotopic (exact) mass is 317 g/mol. The molecule has 1 aliphatic rings. The number of carbonyl (C=O) groups excluding carboxylic acids is 2. The molecular weight excluding hydrogens is 290 g/mol. The molecular formula is C19H27NO3. The molecule has 1 aromatic rings. The third-order valence-electron chi connectivity index (χ3n) is 4.51. The molecule has 1 saturated carbocycles. The van der Waals surface area contributed by atoms with Gasteiger partial charge in [0.15, 0.2) is 6.61 Å². The van der Waals surface area contributed by atoms with Gasteiger partial charge >= 0.3 is 5.97 Å². The van der Waals surface area contributed by atoms with Crippen LogP contribution >= 0.6 is 0 Å². The lowest BCUT2D eigenvalue weighted by atomic mass is 9.93. The fourth-order valence-electron chi connectivity index (χ4n) is 3.15. The highest BCUT2D eigenvalue weighted by Crippen LogP contribution is 2.23. The van der Waals surface area contributed by atoms with Crippen molar-refractivity contribution < 1.29 is 14.3 Å². The van der Waals surface area contributed by atoms with E-state index in [0.717, 1.165) is 24.8 Å². The zero-order valence-electron chi connectivity index (χ0n) is 13.9. The zero-order valence-corrected chi connectivity index (χ0v) is 13.9. The number of rotatable bonds is 7. The Kier molecular flexibility index (Phi) is 7.11. The maximum atomic E-state index is 12.0. The second kappa shape index (κ2) is 9.33. The Morgan fingerprint density at radius 2 is 1.87 bits per heavy atom. The van der Waals surface area contributed by atoms with Gasteiger partial charge in [0.25, 0.3) is 5.91 Å². The van der Waals surface area contributed by atoms with Crippen LogP contribution in [0.1, 0.15) is 63.4 Å². The van der Waals surface area contributed by atoms with Crippen molar-refractivity contribution >= 4 is 11.9 Å². The summed E-state index contributed by atoms with van der Waals surface area (Å²) < 4.78 is 5.15. The Morgan fingerprint density at radius 3 is 2.52 bits per heavy atom. The van der Waals surface area contributed by atoms with Gasteiger partial charge < -0.3 is 10.1 Å². The quantitative estimate of drug-likeness (QED) is 0.782. The largest absolute Gasteiger partial charge is 0.456 e. The number of amides is 1. The van der Waals surface area contributed by atoms with E-state index in [2.05, 4.69) is 12.2 Å². The van der Waals surface area contributed by atoms with Crippen LogP contribution in [-0.2, 0) is 14.3 Å². The van der Waals surface area contributed by atoms with Gasteiger partial charge in [-0.3, -0.25) is 9.59 Å². The van der Waals surface area contributed by atoms with Crippen LogP contribution in [0.25, 0.3) is 0 Å². The Morgan fingerprint density at radius 1 is 1.17 bits per heavy atom. The number of esters is 1. The maximum absolute atomic E-state index is 12.0. The molecule has 1 atom stereocenters. The minimum Gasteiger partial charge on any atom is -0.456 e. The van der Waals surface area contributed by atoms with Crippen molar-refractivity contribution in [1.29, 1.82) is 0 Å². The average molecular weight is 317 g/mol. The van der Waals surface area contributed by atoms with E-state index >= 15 is 0 Å². The first-order chi connectivity index (χ1) is 11.2. The predicted molar refractivity (Wildman–Crippen MR) is 90.1 cm³/mol. The van der Waals surface area contributed by atoms with Crippen molar-refractivity contribution in [2.45, 2.75) is 63.8 Å². The molecule has 0 heterocycles. The van der Waals surface area contributed by atoms with Crippen molar-refractivity contribution in [2.24, 2.45) is 0 Å². The third-order valence-corrected chi connectivity index (χ3v) is 4.51. The van der Waals surface area contributed by atoms with Crippen molar-refractivity contribution in [2.75, 3.05) is 6.61 Å². The van der Waals surface area contributed by atoms with Gasteiger partial charge in [0, 0.05) is 6.04 Å². The molecule has 0 saturated heterocycles. The van der Waals surface area contributed by atoms with Gasteiger partial charge in [-0.15, -0.1) is 0 Å². The van der Waals surface area contributed by atoms with Crippen LogP contribution in [0.2, 0.25) is 0 Å². The standard InChI is InChI=1S/C19H27NO3/c1-2-15(16-9-5-3-6-10-16)13-19(22)23-14-18(21)20-17-11-7-4-8-12-17/h3,5-6,9-10,15,17H,2,4,7-8,11-14H2,1H3,(H,20,21). The van der Waals surface area contributed by atoms with Crippen LogP contribution in [0.5, 0.6) is 0 Å². The number of ether oxygens (including phenoxy) is 1. The van der Waals surface area contributed by atoms with Crippen LogP contribution in [-0.4, -0.2) is 24.5 Å². The van der Waals surface area contributed by atoms with Crippen LogP contribution in [0.4, 0.5) is 0 Å². The van der Waals surface area contributed by atoms with Gasteiger partial charge in [0.05, 0.1) is 6.42 Å². The second-order valence-corrected chi connectivity index (χ2v) is 6.28. The number of benzene rings is 1. The molecule has 1 fully saturated rings. The molecule has 1 N–H and O–H groups in total. The molecule has 0 aromatic heterocycles. The first-order valence-corrected chi connectivity index (χ1v) is 8.69. The number of carbonyl (C=O) groups is 2. The van der Waals surface area contributed by atoms with Crippen molar-refractivity contribution in [3.63, 3.8) is 0 Å². The number of hydrogen-bond acceptors (Lipinski definition) is 3. The highest BCUT2D eigenvalue weighted by molar-refractivity contribution is 5.80. The second-order valence-electron chi connectivity index (χ2n) is 6.28. The smallest absolute Gasteiger partial charge is 0.306 e. The van der Waals surface area contributed by atoms with E-state index in [9.17, 15) is 9.59 Å². The van der Waals surface area contributed by atoms with Gasteiger partial charge in [-0.05, 0) is 30.7 Å². The fraction of sp³-hybridized carbons (Fsp3) is 0.579. The lowest BCUT2D eigenvalue weighted by Gasteiger charge is -2.22. The average Bonchev–Trinajstić information content (AvgIpc) is 2.59. The summed E-state index contributed by atoms with van der Waals surface area (Å²) in [6.07, 6.45) is 6.83. The van der Waals surface area contributed by atoms with E-state index in [0.29, 0.717) is 6.42 Å². The van der Waals surface area contributed by atoms with E-state index in [4.69, 9.17) is 4.74 Å². The molecule has 1 aliphatic carbocycles. The summed E-state index contributed by atoms with van der Waals surface area (Å²) in [5.74, 6) is -0.345. The zero-order chi connectivity index (χ0) is 16.5. The van der Waals surface area contributed by atoms with Crippen LogP contribution in [0, 0.1) is 0 Å². The maximum Gasteiger partial charge on any atom is 0.306 e. The van der Waals surface area contributed by atoms with Gasteiger partial charge in [-0.1, -0.05) is 56.5 Å². The number of hydrogen-bond donors (Lipinski definition) is 1. The van der Waals surface area contributed by atoms with Gasteiger partial charge in [-0.25, -0.2) is 0 Å². The van der Waals surface area contributed by atoms with Crippen molar-refractivity contribution in [3.05, 3.63) is 35.9 Å². The Hall–Kier alpha value is -1.84. The highest BCUT2D eigenvalue weighted by atomic mass is 16.5. The summed E-state index contributed by atoms with van der Waals surface area (Å²) in [6, 6.07) is 10.2. The summed E-state index contributed by atoms with van der Waals surface area (Å²) in [7, 11) is 0. The summed E-state index contributed by atoms with van der Waals surface area (Å²) in [6.45, 7) is 1.89. The molecule has 0 aliphatic heterocycles. The van der Waals surface area contributed by atoms with Gasteiger partial charge in [-0.2, -0.15) is 0 Å². The Labute approximate surface area is 138 Å². The lowest BCUT2D eigenvalue weighted by molar-refractivity contribution is -0.149. The first-order valence-electron chi connectivity index (χ1n) is 8.69. The Balaban J connectivity index is 1.72. The van der Waals surface area contributed by atoms with Crippen LogP contribution < -0.4 is 5.32 Å². The minimum absolute atomic E-state index is 0.144. The van der Waals surface area contributed by atoms with E-state index in [1.54, 1.807) is 0 Å². The summed E-state index contributed by atoms with van der Waals surface area (Å²) in [5, 5.41) is 2.96. The molecule has 1 aromatic carbocycles. The molecule has 4 heteroatoms. The predicted octanol–water partition coefficient (Wildman–Crippen LogP) is 3.56. The third kappa shape index (κ3) is 6.05. The van der Waals surface area contributed by atoms with E-state index in [1.165, 1.54) is 19.3 Å². The van der Waals surface area contributed by atoms with E-state index in [-0.39, 0.29) is 30.4 Å². The topological polar surface area (TPSA) is 55.4 Å². The van der Waals surface area contributed by atoms with E-state index in [1.807, 2.05) is 30.3 Å². The summed E-state index contributed by atoms with van der Waals surface area (Å²) in [5.41, 5.74) is 1.14. The molecule has 1 amide bonds.